The van der Waals surface area contributed by atoms with Crippen molar-refractivity contribution < 1.29 is 18.8 Å². The Kier molecular flexibility index (Phi) is 7.36. The molecule has 0 amide bonds. The quantitative estimate of drug-likeness (QED) is 0.379. The number of unbranched alkanes of at least 4 members (excludes halogenated alkanes) is 1. The van der Waals surface area contributed by atoms with Gasteiger partial charge in [-0.15, -0.1) is 0 Å². The van der Waals surface area contributed by atoms with E-state index in [1.165, 1.54) is 0 Å². The Bertz CT molecular complexity index is 189. The summed E-state index contributed by atoms with van der Waals surface area (Å²) in [5, 5.41) is 8.54. The van der Waals surface area contributed by atoms with E-state index in [1.54, 1.807) is 14.2 Å². The van der Waals surface area contributed by atoms with Crippen molar-refractivity contribution in [1.29, 1.82) is 0 Å². The van der Waals surface area contributed by atoms with Crippen molar-refractivity contribution in [1.82, 2.24) is 0 Å². The normalized spacial score (nSPS) is 10.5. The van der Waals surface area contributed by atoms with Gasteiger partial charge >= 0.3 is 15.3 Å². The molecule has 0 unspecified atom stereocenters. The van der Waals surface area contributed by atoms with Gasteiger partial charge in [0.1, 0.15) is 0 Å². The molecule has 0 aromatic carbocycles. The molecule has 0 bridgehead atoms. The third kappa shape index (κ3) is 5.90. The lowest BCUT2D eigenvalue weighted by atomic mass is 10.1. The molecule has 0 heterocycles. The number of rotatable bonds is 8. The van der Waals surface area contributed by atoms with Crippen molar-refractivity contribution >= 4 is 15.3 Å². The van der Waals surface area contributed by atoms with Crippen LogP contribution in [-0.2, 0) is 13.6 Å². The monoisotopic (exact) mass is 218 g/mol. The van der Waals surface area contributed by atoms with Gasteiger partial charge in [0.05, 0.1) is 0 Å². The Hall–Kier alpha value is -0.653. The van der Waals surface area contributed by atoms with Crippen LogP contribution >= 0.6 is 0 Å². The zero-order chi connectivity index (χ0) is 11.0. The summed E-state index contributed by atoms with van der Waals surface area (Å²) >= 11 is 0. The van der Waals surface area contributed by atoms with Crippen LogP contribution in [0.5, 0.6) is 0 Å². The summed E-state index contributed by atoms with van der Waals surface area (Å²) in [6.45, 7) is 3.46. The van der Waals surface area contributed by atoms with Gasteiger partial charge in [0.25, 0.3) is 0 Å². The Morgan fingerprint density at radius 1 is 1.36 bits per heavy atom. The SMILES string of the molecule is C=C(CCCC[SiH](OC)OC)C(=O)O. The predicted octanol–water partition coefficient (Wildman–Crippen LogP) is 1.31. The summed E-state index contributed by atoms with van der Waals surface area (Å²) in [6, 6.07) is 0.917. The minimum atomic E-state index is -1.46. The average Bonchev–Trinajstić information content (AvgIpc) is 2.17. The molecule has 0 spiro atoms. The number of carboxylic acid groups (broad SMARTS) is 1. The number of aliphatic carboxylic acids is 1. The van der Waals surface area contributed by atoms with Crippen LogP contribution in [0.3, 0.4) is 0 Å². The zero-order valence-corrected chi connectivity index (χ0v) is 9.94. The van der Waals surface area contributed by atoms with E-state index in [2.05, 4.69) is 6.58 Å². The maximum atomic E-state index is 10.4. The largest absolute Gasteiger partial charge is 0.478 e. The van der Waals surface area contributed by atoms with Gasteiger partial charge < -0.3 is 14.0 Å². The summed E-state index contributed by atoms with van der Waals surface area (Å²) in [4.78, 5) is 10.4. The van der Waals surface area contributed by atoms with Gasteiger partial charge in [0.2, 0.25) is 0 Å². The molecular weight excluding hydrogens is 200 g/mol. The van der Waals surface area contributed by atoms with Gasteiger partial charge in [0, 0.05) is 19.8 Å². The molecule has 0 saturated carbocycles. The number of carboxylic acids is 1. The molecule has 4 nitrogen and oxygen atoms in total. The standard InChI is InChI=1S/C9H18O4Si/c1-8(9(10)11)6-4-5-7-14(12-2)13-3/h14H,1,4-7H2,2-3H3,(H,10,11). The van der Waals surface area contributed by atoms with Gasteiger partial charge in [-0.3, -0.25) is 0 Å². The Labute approximate surface area is 86.4 Å². The highest BCUT2D eigenvalue weighted by molar-refractivity contribution is 6.44. The third-order valence-electron chi connectivity index (χ3n) is 2.00. The molecule has 0 radical (unpaired) electrons. The number of hydrogen-bond acceptors (Lipinski definition) is 3. The maximum Gasteiger partial charge on any atom is 0.330 e. The summed E-state index contributed by atoms with van der Waals surface area (Å²) in [5.41, 5.74) is 0.276. The van der Waals surface area contributed by atoms with Crippen LogP contribution in [0.1, 0.15) is 19.3 Å². The highest BCUT2D eigenvalue weighted by Gasteiger charge is 2.09. The van der Waals surface area contributed by atoms with E-state index in [0.717, 1.165) is 18.9 Å². The first-order valence-electron chi connectivity index (χ1n) is 4.58. The zero-order valence-electron chi connectivity index (χ0n) is 8.78. The molecule has 0 aliphatic carbocycles. The fourth-order valence-electron chi connectivity index (χ4n) is 1.09. The van der Waals surface area contributed by atoms with E-state index in [1.807, 2.05) is 0 Å². The second-order valence-corrected chi connectivity index (χ2v) is 5.43. The lowest BCUT2D eigenvalue weighted by Gasteiger charge is -2.09. The molecule has 0 aliphatic heterocycles. The molecule has 0 rings (SSSR count). The smallest absolute Gasteiger partial charge is 0.330 e. The predicted molar refractivity (Wildman–Crippen MR) is 56.6 cm³/mol. The van der Waals surface area contributed by atoms with E-state index in [4.69, 9.17) is 14.0 Å². The van der Waals surface area contributed by atoms with Crippen molar-refractivity contribution in [2.45, 2.75) is 25.3 Å². The molecule has 0 aliphatic rings. The average molecular weight is 218 g/mol. The van der Waals surface area contributed by atoms with E-state index in [-0.39, 0.29) is 5.57 Å². The van der Waals surface area contributed by atoms with Gasteiger partial charge in [-0.05, 0) is 18.9 Å². The minimum Gasteiger partial charge on any atom is -0.478 e. The first-order valence-corrected chi connectivity index (χ1v) is 6.34. The first kappa shape index (κ1) is 13.3. The molecule has 0 aromatic heterocycles. The van der Waals surface area contributed by atoms with Crippen LogP contribution in [0.4, 0.5) is 0 Å². The second kappa shape index (κ2) is 7.72. The molecule has 14 heavy (non-hydrogen) atoms. The van der Waals surface area contributed by atoms with Crippen LogP contribution < -0.4 is 0 Å². The lowest BCUT2D eigenvalue weighted by Crippen LogP contribution is -2.18. The van der Waals surface area contributed by atoms with E-state index >= 15 is 0 Å². The van der Waals surface area contributed by atoms with Gasteiger partial charge in [-0.2, -0.15) is 0 Å². The van der Waals surface area contributed by atoms with Gasteiger partial charge in [-0.25, -0.2) is 4.79 Å². The van der Waals surface area contributed by atoms with Crippen LogP contribution in [0, 0.1) is 0 Å². The lowest BCUT2D eigenvalue weighted by molar-refractivity contribution is -0.132. The van der Waals surface area contributed by atoms with Crippen LogP contribution in [0.2, 0.25) is 6.04 Å². The van der Waals surface area contributed by atoms with Crippen LogP contribution in [0.15, 0.2) is 12.2 Å². The van der Waals surface area contributed by atoms with Crippen molar-refractivity contribution in [3.8, 4) is 0 Å². The summed E-state index contributed by atoms with van der Waals surface area (Å²) in [7, 11) is 1.84. The highest BCUT2D eigenvalue weighted by atomic mass is 28.3. The van der Waals surface area contributed by atoms with Crippen LogP contribution in [-0.4, -0.2) is 34.6 Å². The van der Waals surface area contributed by atoms with Crippen molar-refractivity contribution in [3.05, 3.63) is 12.2 Å². The summed E-state index contributed by atoms with van der Waals surface area (Å²) < 4.78 is 10.3. The Morgan fingerprint density at radius 3 is 2.36 bits per heavy atom. The van der Waals surface area contributed by atoms with Crippen molar-refractivity contribution in [3.63, 3.8) is 0 Å². The van der Waals surface area contributed by atoms with Gasteiger partial charge in [-0.1, -0.05) is 13.0 Å². The van der Waals surface area contributed by atoms with E-state index in [9.17, 15) is 4.79 Å². The first-order chi connectivity index (χ1) is 6.61. The fraction of sp³-hybridized carbons (Fsp3) is 0.667. The van der Waals surface area contributed by atoms with E-state index in [0.29, 0.717) is 6.42 Å². The molecule has 82 valence electrons. The summed E-state index contributed by atoms with van der Waals surface area (Å²) in [6.07, 6.45) is 2.32. The second-order valence-electron chi connectivity index (χ2n) is 3.06. The maximum absolute atomic E-state index is 10.4. The Morgan fingerprint density at radius 2 is 1.93 bits per heavy atom. The number of hydrogen-bond donors (Lipinski definition) is 1. The minimum absolute atomic E-state index is 0.276. The van der Waals surface area contributed by atoms with Crippen molar-refractivity contribution in [2.75, 3.05) is 14.2 Å². The molecule has 1 N–H and O–H groups in total. The topological polar surface area (TPSA) is 55.8 Å². The van der Waals surface area contributed by atoms with Crippen molar-refractivity contribution in [2.24, 2.45) is 0 Å². The van der Waals surface area contributed by atoms with E-state index < -0.39 is 15.3 Å². The number of carbonyl (C=O) groups is 1. The fourth-order valence-corrected chi connectivity index (χ4v) is 2.37. The molecule has 0 saturated heterocycles. The molecule has 0 fully saturated rings. The molecule has 0 aromatic rings. The van der Waals surface area contributed by atoms with Crippen LogP contribution in [0.25, 0.3) is 0 Å². The van der Waals surface area contributed by atoms with Gasteiger partial charge in [0.15, 0.2) is 0 Å². The molecular formula is C9H18O4Si. The Balaban J connectivity index is 3.46. The third-order valence-corrected chi connectivity index (χ3v) is 3.93. The molecule has 5 heteroatoms. The molecule has 0 atom stereocenters. The summed E-state index contributed by atoms with van der Waals surface area (Å²) in [5.74, 6) is -0.905. The highest BCUT2D eigenvalue weighted by Crippen LogP contribution is 2.09.